The van der Waals surface area contributed by atoms with E-state index in [4.69, 9.17) is 28.4 Å². The van der Waals surface area contributed by atoms with Crippen LogP contribution in [0.2, 0.25) is 0 Å². The number of anilines is 1. The van der Waals surface area contributed by atoms with Crippen molar-refractivity contribution in [2.45, 2.75) is 102 Å². The molecule has 3 heterocycles. The lowest BCUT2D eigenvalue weighted by Crippen LogP contribution is -2.58. The van der Waals surface area contributed by atoms with Crippen LogP contribution < -0.4 is 20.7 Å². The molecule has 0 spiro atoms. The van der Waals surface area contributed by atoms with Crippen molar-refractivity contribution in [3.63, 3.8) is 0 Å². The van der Waals surface area contributed by atoms with Gasteiger partial charge in [0.25, 0.3) is 5.91 Å². The van der Waals surface area contributed by atoms with Gasteiger partial charge >= 0.3 is 12.3 Å². The molecule has 3 aromatic rings. The smallest absolute Gasteiger partial charge is 0.416 e. The Labute approximate surface area is 372 Å². The highest BCUT2D eigenvalue weighted by Crippen LogP contribution is 2.34. The quantitative estimate of drug-likeness (QED) is 0.107. The van der Waals surface area contributed by atoms with Crippen LogP contribution in [-0.4, -0.2) is 158 Å². The lowest BCUT2D eigenvalue weighted by molar-refractivity contribution is -0.137. The number of likely N-dealkylation sites (tertiary alicyclic amines) is 1. The summed E-state index contributed by atoms with van der Waals surface area (Å²) in [5.41, 5.74) is -0.897. The number of fused-ring (bicyclic) bond motifs is 1. The van der Waals surface area contributed by atoms with Crippen molar-refractivity contribution in [3.8, 4) is 5.75 Å². The van der Waals surface area contributed by atoms with Gasteiger partial charge in [-0.15, -0.1) is 0 Å². The molecule has 1 saturated heterocycles. The third-order valence-electron chi connectivity index (χ3n) is 10.9. The Morgan fingerprint density at radius 1 is 0.875 bits per heavy atom. The minimum Gasteiger partial charge on any atom is -0.491 e. The summed E-state index contributed by atoms with van der Waals surface area (Å²) >= 11 is 0. The molecule has 1 aliphatic carbocycles. The Kier molecular flexibility index (Phi) is 18.7. The lowest BCUT2D eigenvalue weighted by Gasteiger charge is -2.44. The fourth-order valence-electron chi connectivity index (χ4n) is 7.52. The van der Waals surface area contributed by atoms with Crippen LogP contribution >= 0.6 is 0 Å². The summed E-state index contributed by atoms with van der Waals surface area (Å²) in [6.45, 7) is 13.5. The Hall–Kier alpha value is -4.89. The van der Waals surface area contributed by atoms with Gasteiger partial charge in [0.15, 0.2) is 0 Å². The van der Waals surface area contributed by atoms with Gasteiger partial charge in [0.05, 0.1) is 76.0 Å². The second-order valence-electron chi connectivity index (χ2n) is 16.9. The van der Waals surface area contributed by atoms with E-state index >= 15 is 0 Å². The van der Waals surface area contributed by atoms with E-state index in [-0.39, 0.29) is 47.5 Å². The number of benzene rings is 1. The van der Waals surface area contributed by atoms with Crippen LogP contribution in [0.1, 0.15) is 76.4 Å². The summed E-state index contributed by atoms with van der Waals surface area (Å²) in [4.78, 5) is 56.1. The predicted octanol–water partition coefficient (Wildman–Crippen LogP) is 5.09. The van der Waals surface area contributed by atoms with Crippen molar-refractivity contribution in [1.29, 1.82) is 0 Å². The average molecular weight is 905 g/mol. The van der Waals surface area contributed by atoms with Crippen molar-refractivity contribution in [3.05, 3.63) is 54.1 Å². The van der Waals surface area contributed by atoms with Crippen LogP contribution in [0.4, 0.5) is 23.8 Å². The molecular weight excluding hydrogens is 842 g/mol. The number of carbonyl (C=O) groups is 3. The lowest BCUT2D eigenvalue weighted by atomic mass is 9.84. The van der Waals surface area contributed by atoms with Crippen molar-refractivity contribution in [1.82, 2.24) is 35.4 Å². The van der Waals surface area contributed by atoms with Gasteiger partial charge < -0.3 is 54.2 Å². The van der Waals surface area contributed by atoms with Crippen molar-refractivity contribution in [2.75, 3.05) is 84.9 Å². The molecule has 0 radical (unpaired) electrons. The second kappa shape index (κ2) is 23.9. The number of nitrogens with zero attached hydrogens (tertiary/aromatic N) is 5. The van der Waals surface area contributed by atoms with Gasteiger partial charge in [-0.25, -0.2) is 14.8 Å². The van der Waals surface area contributed by atoms with Gasteiger partial charge in [0, 0.05) is 42.8 Å². The topological polar surface area (TPSA) is 188 Å². The zero-order valence-electron chi connectivity index (χ0n) is 37.6. The molecule has 17 nitrogen and oxygen atoms in total. The molecule has 5 rings (SSSR count). The first-order valence-corrected chi connectivity index (χ1v) is 21.8. The molecule has 4 atom stereocenters. The van der Waals surface area contributed by atoms with E-state index in [2.05, 4.69) is 56.7 Å². The van der Waals surface area contributed by atoms with Gasteiger partial charge in [-0.1, -0.05) is 0 Å². The van der Waals surface area contributed by atoms with E-state index in [0.717, 1.165) is 18.6 Å². The number of halogens is 3. The van der Waals surface area contributed by atoms with E-state index in [9.17, 15) is 27.6 Å². The molecule has 1 aliphatic heterocycles. The monoisotopic (exact) mass is 904 g/mol. The fraction of sp³-hybridized carbons (Fsp3) is 0.636. The number of hydrogen-bond acceptors (Lipinski definition) is 14. The van der Waals surface area contributed by atoms with Gasteiger partial charge in [-0.2, -0.15) is 13.2 Å². The van der Waals surface area contributed by atoms with Crippen molar-refractivity contribution >= 4 is 34.6 Å². The van der Waals surface area contributed by atoms with Crippen LogP contribution in [0.15, 0.2) is 42.9 Å². The van der Waals surface area contributed by atoms with Crippen molar-refractivity contribution in [2.24, 2.45) is 0 Å². The normalized spacial score (nSPS) is 19.4. The maximum atomic E-state index is 14.0. The van der Waals surface area contributed by atoms with E-state index in [1.54, 1.807) is 37.8 Å². The molecule has 2 fully saturated rings. The van der Waals surface area contributed by atoms with E-state index < -0.39 is 41.4 Å². The molecule has 2 aliphatic rings. The van der Waals surface area contributed by atoms with Crippen LogP contribution in [0.5, 0.6) is 5.75 Å². The maximum absolute atomic E-state index is 14.0. The first-order chi connectivity index (χ1) is 30.5. The number of pyridine rings is 1. The second-order valence-corrected chi connectivity index (χ2v) is 16.9. The number of aromatic nitrogens is 3. The number of hydrogen-bond donors (Lipinski definition) is 3. The molecule has 2 aromatic heterocycles. The summed E-state index contributed by atoms with van der Waals surface area (Å²) in [7, 11) is 2.06. The molecule has 0 bridgehead atoms. The minimum absolute atomic E-state index is 0.151. The predicted molar refractivity (Wildman–Crippen MR) is 231 cm³/mol. The summed E-state index contributed by atoms with van der Waals surface area (Å²) in [5.74, 6) is -0.0173. The molecule has 354 valence electrons. The Morgan fingerprint density at radius 3 is 2.20 bits per heavy atom. The van der Waals surface area contributed by atoms with Crippen LogP contribution in [0, 0.1) is 0 Å². The van der Waals surface area contributed by atoms with Crippen LogP contribution in [0.3, 0.4) is 0 Å². The molecule has 20 heteroatoms. The average Bonchev–Trinajstić information content (AvgIpc) is 3.60. The first kappa shape index (κ1) is 50.1. The minimum atomic E-state index is -4.55. The highest BCUT2D eigenvalue weighted by molar-refractivity contribution is 5.94. The highest BCUT2D eigenvalue weighted by Gasteiger charge is 2.43. The number of ether oxygens (including phenoxy) is 6. The molecular formula is C44H63F3N8O9. The highest BCUT2D eigenvalue weighted by atomic mass is 19.4. The Bertz CT molecular complexity index is 1970. The first-order valence-electron chi connectivity index (χ1n) is 21.8. The third-order valence-corrected chi connectivity index (χ3v) is 10.9. The van der Waals surface area contributed by atoms with Gasteiger partial charge in [0.2, 0.25) is 5.91 Å². The summed E-state index contributed by atoms with van der Waals surface area (Å²) in [6.07, 6.45) is 0.170. The number of carbonyl (C=O) groups excluding carboxylic acids is 3. The summed E-state index contributed by atoms with van der Waals surface area (Å²) < 4.78 is 73.7. The standard InChI is InChI=1S/C44H63F3N8O9/c1-29(2)54(6)31-8-10-38(55-15-12-35(41(55)57)52-39-33-25-30(44(45,46)47)7-9-34(33)50-28-51-39)36(26-31)53-40(56)37-27-32(11-13-48-37)63-24-23-62-22-21-61-20-19-60-18-17-59-16-14-49-42(58)64-43(3,4)5/h7,9,11,13,25,27-29,31,35-36,38H,8,10,12,14-24,26H2,1-6H3,(H,49,58)(H,53,56)(H,50,51,52)/t31-,35+,36-,38+/m1/s1. The number of alkyl carbamates (subject to hydrolysis) is 1. The van der Waals surface area contributed by atoms with E-state index in [1.165, 1.54) is 18.6 Å². The molecule has 64 heavy (non-hydrogen) atoms. The number of alkyl halides is 3. The van der Waals surface area contributed by atoms with E-state index in [1.807, 2.05) is 0 Å². The molecule has 1 saturated carbocycles. The Balaban J connectivity index is 1.04. The Morgan fingerprint density at radius 2 is 1.55 bits per heavy atom. The number of nitrogens with one attached hydrogen (secondary N) is 3. The molecule has 0 unspecified atom stereocenters. The van der Waals surface area contributed by atoms with Gasteiger partial charge in [-0.05, 0) is 91.6 Å². The number of rotatable bonds is 23. The fourth-order valence-corrected chi connectivity index (χ4v) is 7.52. The van der Waals surface area contributed by atoms with Crippen LogP contribution in [0.25, 0.3) is 10.9 Å². The van der Waals surface area contributed by atoms with Gasteiger partial charge in [-0.3, -0.25) is 14.6 Å². The summed E-state index contributed by atoms with van der Waals surface area (Å²) in [6, 6.07) is 5.44. The zero-order chi connectivity index (χ0) is 46.3. The van der Waals surface area contributed by atoms with E-state index in [0.29, 0.717) is 96.5 Å². The maximum Gasteiger partial charge on any atom is 0.416 e. The number of amides is 3. The largest absolute Gasteiger partial charge is 0.491 e. The summed E-state index contributed by atoms with van der Waals surface area (Å²) in [5, 5.41) is 9.07. The SMILES string of the molecule is CC(C)N(C)[C@@H]1CC[C@H](N2CC[C@H](Nc3ncnc4ccc(C(F)(F)F)cc34)C2=O)[C@H](NC(=O)c2cc(OCCOCCOCCOCCOCCNC(=O)OC(C)(C)C)ccn2)C1. The van der Waals surface area contributed by atoms with Crippen molar-refractivity contribution < 1.29 is 56.0 Å². The zero-order valence-corrected chi connectivity index (χ0v) is 37.6. The van der Waals surface area contributed by atoms with Gasteiger partial charge in [0.1, 0.15) is 41.8 Å². The third kappa shape index (κ3) is 15.4. The molecule has 1 aromatic carbocycles. The molecule has 3 N–H and O–H groups in total. The van der Waals surface area contributed by atoms with Crippen LogP contribution in [-0.2, 0) is 34.7 Å². The molecule has 3 amide bonds.